The van der Waals surface area contributed by atoms with Gasteiger partial charge in [-0.05, 0) is 43.2 Å². The second-order valence-electron chi connectivity index (χ2n) is 8.56. The number of rotatable bonds is 4. The van der Waals surface area contributed by atoms with E-state index in [1.807, 2.05) is 12.1 Å². The van der Waals surface area contributed by atoms with E-state index in [2.05, 4.69) is 32.4 Å². The number of aromatic amines is 1. The van der Waals surface area contributed by atoms with E-state index in [1.54, 1.807) is 17.3 Å². The van der Waals surface area contributed by atoms with Crippen molar-refractivity contribution in [3.8, 4) is 5.88 Å². The van der Waals surface area contributed by atoms with Crippen LogP contribution in [0, 0.1) is 5.92 Å². The van der Waals surface area contributed by atoms with Gasteiger partial charge in [-0.25, -0.2) is 9.97 Å². The molecule has 2 atom stereocenters. The van der Waals surface area contributed by atoms with E-state index in [1.165, 1.54) is 6.20 Å². The van der Waals surface area contributed by atoms with Crippen molar-refractivity contribution < 1.29 is 14.3 Å². The molecular formula is C22H25N7O3. The number of fused-ring (bicyclic) bond motifs is 1. The van der Waals surface area contributed by atoms with Crippen LogP contribution in [-0.2, 0) is 9.59 Å². The van der Waals surface area contributed by atoms with Gasteiger partial charge in [-0.15, -0.1) is 0 Å². The summed E-state index contributed by atoms with van der Waals surface area (Å²) in [7, 11) is 0. The van der Waals surface area contributed by atoms with Gasteiger partial charge in [0.2, 0.25) is 5.88 Å². The predicted molar refractivity (Wildman–Crippen MR) is 118 cm³/mol. The lowest BCUT2D eigenvalue weighted by Crippen LogP contribution is -2.46. The van der Waals surface area contributed by atoms with Gasteiger partial charge in [0.1, 0.15) is 17.4 Å². The summed E-state index contributed by atoms with van der Waals surface area (Å²) in [6.07, 6.45) is 8.75. The molecule has 4 N–H and O–H groups in total. The van der Waals surface area contributed by atoms with Gasteiger partial charge in [-0.1, -0.05) is 6.92 Å². The van der Waals surface area contributed by atoms with Crippen molar-refractivity contribution >= 4 is 34.2 Å². The van der Waals surface area contributed by atoms with Crippen molar-refractivity contribution in [1.29, 1.82) is 0 Å². The van der Waals surface area contributed by atoms with Gasteiger partial charge in [-0.2, -0.15) is 5.10 Å². The zero-order valence-electron chi connectivity index (χ0n) is 17.7. The lowest BCUT2D eigenvalue weighted by Gasteiger charge is -2.38. The van der Waals surface area contributed by atoms with Gasteiger partial charge in [0.05, 0.1) is 23.3 Å². The third kappa shape index (κ3) is 3.95. The molecule has 1 aliphatic carbocycles. The van der Waals surface area contributed by atoms with Crippen LogP contribution in [0.4, 0.5) is 11.5 Å². The van der Waals surface area contributed by atoms with E-state index in [-0.39, 0.29) is 12.1 Å². The maximum atomic E-state index is 13.2. The van der Waals surface area contributed by atoms with E-state index in [0.29, 0.717) is 40.8 Å². The number of hydrogen-bond acceptors (Lipinski definition) is 7. The molecule has 166 valence electrons. The number of pyridine rings is 2. The molecule has 0 aromatic carbocycles. The van der Waals surface area contributed by atoms with Crippen LogP contribution in [-0.4, -0.2) is 49.5 Å². The van der Waals surface area contributed by atoms with Crippen molar-refractivity contribution in [3.05, 3.63) is 36.3 Å². The minimum Gasteiger partial charge on any atom is -0.474 e. The summed E-state index contributed by atoms with van der Waals surface area (Å²) in [4.78, 5) is 36.2. The summed E-state index contributed by atoms with van der Waals surface area (Å²) in [5.74, 6) is -0.172. The van der Waals surface area contributed by atoms with E-state index in [9.17, 15) is 9.59 Å². The maximum absolute atomic E-state index is 13.2. The van der Waals surface area contributed by atoms with Crippen LogP contribution in [0.3, 0.4) is 0 Å². The Bertz CT molecular complexity index is 1170. The number of piperidine rings is 1. The Hall–Kier alpha value is -3.69. The normalized spacial score (nSPS) is 20.8. The molecule has 2 fully saturated rings. The van der Waals surface area contributed by atoms with Crippen LogP contribution in [0.2, 0.25) is 0 Å². The van der Waals surface area contributed by atoms with Gasteiger partial charge >= 0.3 is 11.8 Å². The number of anilines is 2. The number of H-pyrrole nitrogens is 1. The highest BCUT2D eigenvalue weighted by atomic mass is 16.5. The Morgan fingerprint density at radius 1 is 1.25 bits per heavy atom. The SMILES string of the molecule is C[C@H]1CC[C@H](c2ccnc(OC3CC3)c2)N(C(=O)C(=O)Nc2cnc(N)c3c[nH]nc23)C1. The summed E-state index contributed by atoms with van der Waals surface area (Å²) in [6, 6.07) is 3.55. The van der Waals surface area contributed by atoms with Crippen LogP contribution < -0.4 is 15.8 Å². The molecule has 1 aliphatic heterocycles. The molecule has 32 heavy (non-hydrogen) atoms. The Morgan fingerprint density at radius 3 is 2.91 bits per heavy atom. The van der Waals surface area contributed by atoms with Gasteiger partial charge in [0.15, 0.2) is 0 Å². The number of carbonyl (C=O) groups excluding carboxylic acids is 2. The first-order valence-electron chi connectivity index (χ1n) is 10.8. The molecule has 1 saturated carbocycles. The number of hydrogen-bond donors (Lipinski definition) is 3. The Kier molecular flexibility index (Phi) is 5.12. The number of nitrogens with two attached hydrogens (primary N) is 1. The Morgan fingerprint density at radius 2 is 2.09 bits per heavy atom. The van der Waals surface area contributed by atoms with Gasteiger partial charge < -0.3 is 20.7 Å². The molecule has 0 bridgehead atoms. The van der Waals surface area contributed by atoms with E-state index in [0.717, 1.165) is 31.2 Å². The standard InChI is InChI=1S/C22H25N7O3/c1-12-2-5-17(13-6-7-24-18(8-13)32-14-3-4-14)29(11-12)22(31)21(30)27-16-10-25-20(23)15-9-26-28-19(15)16/h6-10,12,14,17H,2-5,11H2,1H3,(H2,23,25)(H,26,28)(H,27,30)/t12-,17+/m0/s1. The Labute approximate surface area is 184 Å². The quantitative estimate of drug-likeness (QED) is 0.535. The van der Waals surface area contributed by atoms with Crippen molar-refractivity contribution in [1.82, 2.24) is 25.1 Å². The predicted octanol–water partition coefficient (Wildman–Crippen LogP) is 2.41. The third-order valence-electron chi connectivity index (χ3n) is 5.98. The summed E-state index contributed by atoms with van der Waals surface area (Å²) in [5.41, 5.74) is 7.56. The molecule has 2 amide bonds. The molecular weight excluding hydrogens is 410 g/mol. The number of aromatic nitrogens is 4. The molecule has 0 unspecified atom stereocenters. The second kappa shape index (κ2) is 8.10. The highest BCUT2D eigenvalue weighted by molar-refractivity contribution is 6.40. The number of nitrogen functional groups attached to an aromatic ring is 1. The molecule has 10 nitrogen and oxygen atoms in total. The lowest BCUT2D eigenvalue weighted by atomic mass is 9.90. The molecule has 5 rings (SSSR count). The van der Waals surface area contributed by atoms with Crippen molar-refractivity contribution in [3.63, 3.8) is 0 Å². The summed E-state index contributed by atoms with van der Waals surface area (Å²) in [5, 5.41) is 10.1. The highest BCUT2D eigenvalue weighted by Crippen LogP contribution is 2.35. The van der Waals surface area contributed by atoms with E-state index >= 15 is 0 Å². The molecule has 3 aromatic rings. The van der Waals surface area contributed by atoms with Crippen molar-refractivity contribution in [2.75, 3.05) is 17.6 Å². The number of nitrogens with zero attached hydrogens (tertiary/aromatic N) is 4. The number of carbonyl (C=O) groups is 2. The fraction of sp³-hybridized carbons (Fsp3) is 0.409. The van der Waals surface area contributed by atoms with Crippen LogP contribution in [0.25, 0.3) is 10.9 Å². The second-order valence-corrected chi connectivity index (χ2v) is 8.56. The minimum atomic E-state index is -0.733. The molecule has 10 heteroatoms. The average Bonchev–Trinajstić information content (AvgIpc) is 3.45. The van der Waals surface area contributed by atoms with Crippen LogP contribution >= 0.6 is 0 Å². The van der Waals surface area contributed by atoms with Crippen molar-refractivity contribution in [2.24, 2.45) is 5.92 Å². The molecule has 2 aliphatic rings. The first-order chi connectivity index (χ1) is 15.5. The van der Waals surface area contributed by atoms with E-state index in [4.69, 9.17) is 10.5 Å². The molecule has 0 radical (unpaired) electrons. The average molecular weight is 435 g/mol. The van der Waals surface area contributed by atoms with Gasteiger partial charge in [0, 0.05) is 25.0 Å². The van der Waals surface area contributed by atoms with Gasteiger partial charge in [-0.3, -0.25) is 14.7 Å². The first kappa shape index (κ1) is 20.2. The third-order valence-corrected chi connectivity index (χ3v) is 5.98. The summed E-state index contributed by atoms with van der Waals surface area (Å²) < 4.78 is 5.82. The van der Waals surface area contributed by atoms with Crippen LogP contribution in [0.5, 0.6) is 5.88 Å². The first-order valence-corrected chi connectivity index (χ1v) is 10.8. The largest absolute Gasteiger partial charge is 0.474 e. The van der Waals surface area contributed by atoms with E-state index < -0.39 is 11.8 Å². The maximum Gasteiger partial charge on any atom is 0.314 e. The zero-order chi connectivity index (χ0) is 22.2. The number of likely N-dealkylation sites (tertiary alicyclic amines) is 1. The molecule has 4 heterocycles. The zero-order valence-corrected chi connectivity index (χ0v) is 17.7. The molecule has 3 aromatic heterocycles. The van der Waals surface area contributed by atoms with Crippen LogP contribution in [0.1, 0.15) is 44.2 Å². The summed E-state index contributed by atoms with van der Waals surface area (Å²) >= 11 is 0. The van der Waals surface area contributed by atoms with Gasteiger partial charge in [0.25, 0.3) is 0 Å². The smallest absolute Gasteiger partial charge is 0.314 e. The minimum absolute atomic E-state index is 0.219. The number of amides is 2. The van der Waals surface area contributed by atoms with Crippen molar-refractivity contribution in [2.45, 2.75) is 44.8 Å². The number of ether oxygens (including phenoxy) is 1. The fourth-order valence-corrected chi connectivity index (χ4v) is 4.13. The monoisotopic (exact) mass is 435 g/mol. The summed E-state index contributed by atoms with van der Waals surface area (Å²) in [6.45, 7) is 2.58. The molecule has 0 spiro atoms. The highest BCUT2D eigenvalue weighted by Gasteiger charge is 2.35. The Balaban J connectivity index is 1.37. The van der Waals surface area contributed by atoms with Crippen LogP contribution in [0.15, 0.2) is 30.7 Å². The topological polar surface area (TPSA) is 139 Å². The lowest BCUT2D eigenvalue weighted by molar-refractivity contribution is -0.146. The number of nitrogens with one attached hydrogen (secondary N) is 2. The fourth-order valence-electron chi connectivity index (χ4n) is 4.13. The molecule has 1 saturated heterocycles.